The molecule has 0 fully saturated rings. The molecular formula is C11H10BrNO4S. The van der Waals surface area contributed by atoms with Crippen LogP contribution < -0.4 is 4.74 Å². The van der Waals surface area contributed by atoms with Gasteiger partial charge in [-0.3, -0.25) is 0 Å². The van der Waals surface area contributed by atoms with E-state index < -0.39 is 9.84 Å². The van der Waals surface area contributed by atoms with Gasteiger partial charge in [-0.15, -0.1) is 0 Å². The number of sulfone groups is 1. The van der Waals surface area contributed by atoms with Crippen molar-refractivity contribution in [2.75, 3.05) is 13.4 Å². The number of halogens is 1. The van der Waals surface area contributed by atoms with Crippen LogP contribution in [0.5, 0.6) is 11.5 Å². The van der Waals surface area contributed by atoms with Crippen molar-refractivity contribution in [3.63, 3.8) is 0 Å². The summed E-state index contributed by atoms with van der Waals surface area (Å²) in [5.74, 6) is 0.0916. The molecule has 0 unspecified atom stereocenters. The molecule has 0 saturated carbocycles. The van der Waals surface area contributed by atoms with E-state index in [0.29, 0.717) is 10.0 Å². The minimum Gasteiger partial charge on any atom is -0.503 e. The molecule has 5 nitrogen and oxygen atoms in total. The van der Waals surface area contributed by atoms with Gasteiger partial charge in [0.2, 0.25) is 0 Å². The normalized spacial score (nSPS) is 12.0. The first kappa shape index (κ1) is 14.5. The summed E-state index contributed by atoms with van der Waals surface area (Å²) in [5.41, 5.74) is 0.429. The molecular weight excluding hydrogens is 322 g/mol. The molecule has 1 N–H and O–H groups in total. The Kier molecular flexibility index (Phi) is 4.38. The van der Waals surface area contributed by atoms with Crippen molar-refractivity contribution in [2.24, 2.45) is 0 Å². The van der Waals surface area contributed by atoms with E-state index in [0.717, 1.165) is 6.26 Å². The average molecular weight is 332 g/mol. The van der Waals surface area contributed by atoms with E-state index in [4.69, 9.17) is 10.00 Å². The fraction of sp³-hybridized carbons (Fsp3) is 0.182. The Labute approximate surface area is 113 Å². The van der Waals surface area contributed by atoms with E-state index in [2.05, 4.69) is 15.9 Å². The van der Waals surface area contributed by atoms with E-state index in [1.165, 1.54) is 25.3 Å². The summed E-state index contributed by atoms with van der Waals surface area (Å²) in [4.78, 5) is -0.359. The second-order valence-electron chi connectivity index (χ2n) is 3.45. The SMILES string of the molecule is COc1cc(C=C(C#N)S(C)(=O)=O)cc(Br)c1O. The molecule has 96 valence electrons. The zero-order chi connectivity index (χ0) is 13.9. The number of rotatable bonds is 3. The zero-order valence-electron chi connectivity index (χ0n) is 9.64. The highest BCUT2D eigenvalue weighted by Gasteiger charge is 2.13. The van der Waals surface area contributed by atoms with Crippen molar-refractivity contribution < 1.29 is 18.3 Å². The van der Waals surface area contributed by atoms with Crippen LogP contribution in [0, 0.1) is 11.3 Å². The maximum absolute atomic E-state index is 11.3. The Hall–Kier alpha value is -1.52. The molecule has 18 heavy (non-hydrogen) atoms. The molecule has 1 rings (SSSR count). The number of hydrogen-bond acceptors (Lipinski definition) is 5. The van der Waals surface area contributed by atoms with Crippen LogP contribution >= 0.6 is 15.9 Å². The maximum Gasteiger partial charge on any atom is 0.185 e. The summed E-state index contributed by atoms with van der Waals surface area (Å²) in [5, 5.41) is 18.4. The lowest BCUT2D eigenvalue weighted by atomic mass is 10.2. The van der Waals surface area contributed by atoms with Crippen LogP contribution in [0.3, 0.4) is 0 Å². The minimum atomic E-state index is -3.57. The Morgan fingerprint density at radius 3 is 2.61 bits per heavy atom. The molecule has 0 saturated heterocycles. The monoisotopic (exact) mass is 331 g/mol. The number of phenols is 1. The highest BCUT2D eigenvalue weighted by Crippen LogP contribution is 2.35. The minimum absolute atomic E-state index is 0.0903. The van der Waals surface area contributed by atoms with Crippen LogP contribution in [0.4, 0.5) is 0 Å². The molecule has 0 aliphatic carbocycles. The zero-order valence-corrected chi connectivity index (χ0v) is 12.0. The molecule has 0 aliphatic rings. The third kappa shape index (κ3) is 3.24. The number of phenolic OH excluding ortho intramolecular Hbond substituents is 1. The number of nitrogens with zero attached hydrogens (tertiary/aromatic N) is 1. The van der Waals surface area contributed by atoms with E-state index in [-0.39, 0.29) is 16.4 Å². The molecule has 0 spiro atoms. The molecule has 1 aromatic rings. The number of aromatic hydroxyl groups is 1. The first-order valence-electron chi connectivity index (χ1n) is 4.68. The second-order valence-corrected chi connectivity index (χ2v) is 6.28. The van der Waals surface area contributed by atoms with Crippen molar-refractivity contribution in [3.8, 4) is 17.6 Å². The average Bonchev–Trinajstić information content (AvgIpc) is 2.28. The third-order valence-corrected chi connectivity index (χ3v) is 3.69. The van der Waals surface area contributed by atoms with Crippen molar-refractivity contribution in [1.82, 2.24) is 0 Å². The number of methoxy groups -OCH3 is 1. The predicted molar refractivity (Wildman–Crippen MR) is 70.8 cm³/mol. The van der Waals surface area contributed by atoms with Gasteiger partial charge in [0.25, 0.3) is 0 Å². The second kappa shape index (κ2) is 5.42. The standard InChI is InChI=1S/C11H10BrNO4S/c1-17-10-5-7(4-9(12)11(10)14)3-8(6-13)18(2,15)16/h3-5,14H,1-2H3. The largest absolute Gasteiger partial charge is 0.503 e. The highest BCUT2D eigenvalue weighted by molar-refractivity contribution is 9.10. The van der Waals surface area contributed by atoms with Crippen molar-refractivity contribution in [1.29, 1.82) is 5.26 Å². The van der Waals surface area contributed by atoms with E-state index in [9.17, 15) is 13.5 Å². The van der Waals surface area contributed by atoms with Gasteiger partial charge in [-0.2, -0.15) is 5.26 Å². The van der Waals surface area contributed by atoms with Gasteiger partial charge in [0.05, 0.1) is 11.6 Å². The summed E-state index contributed by atoms with van der Waals surface area (Å²) in [7, 11) is -2.20. The number of ether oxygens (including phenoxy) is 1. The van der Waals surface area contributed by atoms with Crippen molar-refractivity contribution in [2.45, 2.75) is 0 Å². The van der Waals surface area contributed by atoms with Crippen LogP contribution in [0.2, 0.25) is 0 Å². The van der Waals surface area contributed by atoms with Gasteiger partial charge >= 0.3 is 0 Å². The molecule has 0 amide bonds. The number of nitriles is 1. The molecule has 7 heteroatoms. The molecule has 0 bridgehead atoms. The molecule has 0 aromatic heterocycles. The topological polar surface area (TPSA) is 87.4 Å². The Balaban J connectivity index is 3.41. The van der Waals surface area contributed by atoms with Crippen molar-refractivity contribution in [3.05, 3.63) is 27.1 Å². The van der Waals surface area contributed by atoms with Gasteiger partial charge in [-0.05, 0) is 39.7 Å². The van der Waals surface area contributed by atoms with Gasteiger partial charge in [-0.1, -0.05) is 0 Å². The Morgan fingerprint density at radius 1 is 1.56 bits per heavy atom. The summed E-state index contributed by atoms with van der Waals surface area (Å²) in [6.07, 6.45) is 2.16. The van der Waals surface area contributed by atoms with Gasteiger partial charge in [-0.25, -0.2) is 8.42 Å². The fourth-order valence-electron chi connectivity index (χ4n) is 1.21. The van der Waals surface area contributed by atoms with Gasteiger partial charge in [0, 0.05) is 6.26 Å². The van der Waals surface area contributed by atoms with Crippen LogP contribution in [-0.4, -0.2) is 26.9 Å². The highest BCUT2D eigenvalue weighted by atomic mass is 79.9. The first-order chi connectivity index (χ1) is 8.29. The summed E-state index contributed by atoms with van der Waals surface area (Å²) < 4.78 is 27.9. The number of allylic oxidation sites excluding steroid dienone is 1. The number of benzene rings is 1. The smallest absolute Gasteiger partial charge is 0.185 e. The van der Waals surface area contributed by atoms with Crippen LogP contribution in [0.1, 0.15) is 5.56 Å². The molecule has 1 aromatic carbocycles. The molecule has 0 radical (unpaired) electrons. The molecule has 0 aliphatic heterocycles. The summed E-state index contributed by atoms with van der Waals surface area (Å²) in [6.45, 7) is 0. The predicted octanol–water partition coefficient (Wildman–Crippen LogP) is 2.07. The quantitative estimate of drug-likeness (QED) is 0.856. The van der Waals surface area contributed by atoms with E-state index >= 15 is 0 Å². The Morgan fingerprint density at radius 2 is 2.17 bits per heavy atom. The van der Waals surface area contributed by atoms with Gasteiger partial charge < -0.3 is 9.84 Å². The third-order valence-electron chi connectivity index (χ3n) is 2.08. The molecule has 0 heterocycles. The van der Waals surface area contributed by atoms with Crippen LogP contribution in [-0.2, 0) is 9.84 Å². The molecule has 0 atom stereocenters. The first-order valence-corrected chi connectivity index (χ1v) is 7.36. The van der Waals surface area contributed by atoms with Gasteiger partial charge in [0.1, 0.15) is 11.0 Å². The lowest BCUT2D eigenvalue weighted by Crippen LogP contribution is -1.98. The lowest BCUT2D eigenvalue weighted by molar-refractivity contribution is 0.372. The van der Waals surface area contributed by atoms with Crippen LogP contribution in [0.25, 0.3) is 6.08 Å². The van der Waals surface area contributed by atoms with Crippen molar-refractivity contribution >= 4 is 31.8 Å². The summed E-state index contributed by atoms with van der Waals surface area (Å²) in [6, 6.07) is 4.54. The van der Waals surface area contributed by atoms with E-state index in [1.807, 2.05) is 0 Å². The Bertz CT molecular complexity index is 644. The van der Waals surface area contributed by atoms with Crippen LogP contribution in [0.15, 0.2) is 21.5 Å². The fourth-order valence-corrected chi connectivity index (χ4v) is 2.18. The lowest BCUT2D eigenvalue weighted by Gasteiger charge is -2.06. The van der Waals surface area contributed by atoms with Gasteiger partial charge in [0.15, 0.2) is 21.3 Å². The summed E-state index contributed by atoms with van der Waals surface area (Å²) >= 11 is 3.11. The number of hydrogen-bond donors (Lipinski definition) is 1. The van der Waals surface area contributed by atoms with E-state index in [1.54, 1.807) is 6.07 Å². The maximum atomic E-state index is 11.3.